The molecule has 0 unspecified atom stereocenters. The average Bonchev–Trinajstić information content (AvgIpc) is 3.42. The van der Waals surface area contributed by atoms with E-state index in [0.717, 1.165) is 22.5 Å². The van der Waals surface area contributed by atoms with E-state index >= 15 is 0 Å². The predicted molar refractivity (Wildman–Crippen MR) is 158 cm³/mol. The van der Waals surface area contributed by atoms with Crippen molar-refractivity contribution < 1.29 is 9.59 Å². The van der Waals surface area contributed by atoms with Crippen molar-refractivity contribution in [1.82, 2.24) is 4.57 Å². The summed E-state index contributed by atoms with van der Waals surface area (Å²) in [6, 6.07) is 21.4. The number of anilines is 2. The molecule has 4 aromatic rings. The smallest absolute Gasteiger partial charge is 0.271 e. The molecule has 1 atom stereocenters. The lowest BCUT2D eigenvalue weighted by atomic mass is 9.93. The number of benzene rings is 3. The van der Waals surface area contributed by atoms with Gasteiger partial charge in [-0.25, -0.2) is 4.99 Å². The van der Waals surface area contributed by atoms with E-state index in [1.807, 2.05) is 42.5 Å². The van der Waals surface area contributed by atoms with Crippen molar-refractivity contribution in [3.05, 3.63) is 125 Å². The molecule has 2 aliphatic rings. The maximum absolute atomic E-state index is 14.2. The minimum atomic E-state index is -0.737. The van der Waals surface area contributed by atoms with Gasteiger partial charge in [-0.3, -0.25) is 19.0 Å². The van der Waals surface area contributed by atoms with E-state index in [2.05, 4.69) is 24.5 Å². The summed E-state index contributed by atoms with van der Waals surface area (Å²) in [4.78, 5) is 46.1. The van der Waals surface area contributed by atoms with Crippen molar-refractivity contribution in [3.8, 4) is 0 Å². The van der Waals surface area contributed by atoms with Crippen LogP contribution < -0.4 is 25.5 Å². The molecule has 0 fully saturated rings. The van der Waals surface area contributed by atoms with Crippen LogP contribution in [0.5, 0.6) is 0 Å². The van der Waals surface area contributed by atoms with Gasteiger partial charge < -0.3 is 10.6 Å². The Morgan fingerprint density at radius 1 is 1.05 bits per heavy atom. The molecule has 2 aliphatic heterocycles. The molecular weight excluding hydrogens is 544 g/mol. The Morgan fingerprint density at radius 3 is 2.48 bits per heavy atom. The standard InChI is InChI=1S/C31H25ClN4O3S/c1-16(2)18-9-11-19(12-10-18)26-24(28(37)34-21-7-5-4-6-8-21)17(3)33-31-36(26)30(39)27(40-31)25-22-15-20(32)13-14-23(22)35-29(25)38/h4-16,26H,1-3H3,(H,34,37)(H,35,38)/b27-25-/t26-/m0/s1. The topological polar surface area (TPSA) is 92.6 Å². The number of aromatic nitrogens is 1. The highest BCUT2D eigenvalue weighted by Crippen LogP contribution is 2.34. The van der Waals surface area contributed by atoms with Gasteiger partial charge in [0.05, 0.1) is 22.9 Å². The predicted octanol–water partition coefficient (Wildman–Crippen LogP) is 4.97. The molecule has 6 rings (SSSR count). The van der Waals surface area contributed by atoms with E-state index < -0.39 is 11.6 Å². The average molecular weight is 569 g/mol. The van der Waals surface area contributed by atoms with Crippen LogP contribution in [-0.4, -0.2) is 16.4 Å². The molecule has 0 radical (unpaired) electrons. The fraction of sp³-hybridized carbons (Fsp3) is 0.161. The molecule has 200 valence electrons. The molecule has 0 saturated carbocycles. The summed E-state index contributed by atoms with van der Waals surface area (Å²) in [6.07, 6.45) is 0. The molecule has 0 spiro atoms. The monoisotopic (exact) mass is 568 g/mol. The van der Waals surface area contributed by atoms with Crippen LogP contribution in [0.4, 0.5) is 11.4 Å². The lowest BCUT2D eigenvalue weighted by Crippen LogP contribution is -2.41. The number of hydrogen-bond acceptors (Lipinski definition) is 5. The summed E-state index contributed by atoms with van der Waals surface area (Å²) >= 11 is 7.38. The van der Waals surface area contributed by atoms with Gasteiger partial charge in [0.1, 0.15) is 4.53 Å². The van der Waals surface area contributed by atoms with Crippen molar-refractivity contribution in [2.24, 2.45) is 4.99 Å². The van der Waals surface area contributed by atoms with Gasteiger partial charge in [0.25, 0.3) is 17.4 Å². The van der Waals surface area contributed by atoms with Crippen molar-refractivity contribution >= 4 is 51.7 Å². The molecule has 7 nitrogen and oxygen atoms in total. The summed E-state index contributed by atoms with van der Waals surface area (Å²) in [6.45, 7) is 5.99. The van der Waals surface area contributed by atoms with E-state index in [1.165, 1.54) is 4.57 Å². The number of nitrogens with one attached hydrogen (secondary N) is 2. The SMILES string of the molecule is CC1=C(C(=O)Nc2ccccc2)[C@H](c2ccc(C(C)C)cc2)n2c(s/c(=C3\C(=O)Nc4ccc(Cl)cc43)c2=O)=N1. The first-order chi connectivity index (χ1) is 19.2. The van der Waals surface area contributed by atoms with Crippen LogP contribution >= 0.6 is 22.9 Å². The number of carbonyl (C=O) groups is 2. The lowest BCUT2D eigenvalue weighted by molar-refractivity contribution is -0.113. The van der Waals surface area contributed by atoms with E-state index in [9.17, 15) is 14.4 Å². The molecule has 9 heteroatoms. The molecule has 0 aliphatic carbocycles. The Hall–Kier alpha value is -4.27. The Labute approximate surface area is 239 Å². The van der Waals surface area contributed by atoms with Crippen LogP contribution in [0.25, 0.3) is 5.57 Å². The fourth-order valence-electron chi connectivity index (χ4n) is 5.13. The molecule has 3 heterocycles. The third-order valence-electron chi connectivity index (χ3n) is 7.15. The third-order valence-corrected chi connectivity index (χ3v) is 8.43. The normalized spacial score (nSPS) is 17.3. The van der Waals surface area contributed by atoms with Gasteiger partial charge >= 0.3 is 0 Å². The first-order valence-corrected chi connectivity index (χ1v) is 14.0. The lowest BCUT2D eigenvalue weighted by Gasteiger charge is -2.25. The summed E-state index contributed by atoms with van der Waals surface area (Å²) in [7, 11) is 0. The molecule has 0 bridgehead atoms. The fourth-order valence-corrected chi connectivity index (χ4v) is 6.44. The number of allylic oxidation sites excluding steroid dienone is 1. The second-order valence-electron chi connectivity index (χ2n) is 10.1. The van der Waals surface area contributed by atoms with E-state index in [4.69, 9.17) is 16.6 Å². The van der Waals surface area contributed by atoms with Gasteiger partial charge in [0, 0.05) is 22.0 Å². The van der Waals surface area contributed by atoms with Gasteiger partial charge in [-0.2, -0.15) is 0 Å². The molecule has 40 heavy (non-hydrogen) atoms. The van der Waals surface area contributed by atoms with Gasteiger partial charge in [-0.05, 0) is 54.3 Å². The Balaban J connectivity index is 1.58. The zero-order valence-corrected chi connectivity index (χ0v) is 23.6. The minimum absolute atomic E-state index is 0.249. The number of hydrogen-bond donors (Lipinski definition) is 2. The number of halogens is 1. The second-order valence-corrected chi connectivity index (χ2v) is 11.5. The Bertz CT molecular complexity index is 1900. The van der Waals surface area contributed by atoms with Crippen molar-refractivity contribution in [1.29, 1.82) is 0 Å². The first kappa shape index (κ1) is 26.0. The highest BCUT2D eigenvalue weighted by atomic mass is 35.5. The zero-order valence-electron chi connectivity index (χ0n) is 22.0. The molecule has 0 saturated heterocycles. The maximum Gasteiger partial charge on any atom is 0.271 e. The van der Waals surface area contributed by atoms with Crippen molar-refractivity contribution in [3.63, 3.8) is 0 Å². The summed E-state index contributed by atoms with van der Waals surface area (Å²) < 4.78 is 1.78. The molecule has 2 amide bonds. The number of carbonyl (C=O) groups excluding carboxylic acids is 2. The van der Waals surface area contributed by atoms with Crippen molar-refractivity contribution in [2.75, 3.05) is 10.6 Å². The third kappa shape index (κ3) is 4.39. The first-order valence-electron chi connectivity index (χ1n) is 12.9. The zero-order chi connectivity index (χ0) is 28.1. The highest BCUT2D eigenvalue weighted by Gasteiger charge is 2.34. The number of para-hydroxylation sites is 1. The van der Waals surface area contributed by atoms with E-state index in [0.29, 0.717) is 44.0 Å². The summed E-state index contributed by atoms with van der Waals surface area (Å²) in [5.74, 6) is -0.402. The number of fused-ring (bicyclic) bond motifs is 2. The molecule has 1 aromatic heterocycles. The Kier molecular flexibility index (Phi) is 6.52. The minimum Gasteiger partial charge on any atom is -0.322 e. The van der Waals surface area contributed by atoms with Gasteiger partial charge in [0.2, 0.25) is 0 Å². The second kappa shape index (κ2) is 10.0. The number of thiazole rings is 1. The van der Waals surface area contributed by atoms with Crippen LogP contribution in [-0.2, 0) is 9.59 Å². The van der Waals surface area contributed by atoms with Gasteiger partial charge in [-0.1, -0.05) is 79.2 Å². The van der Waals surface area contributed by atoms with Crippen LogP contribution in [0, 0.1) is 0 Å². The van der Waals surface area contributed by atoms with Crippen LogP contribution in [0.1, 0.15) is 49.4 Å². The highest BCUT2D eigenvalue weighted by molar-refractivity contribution is 7.07. The number of amides is 2. The van der Waals surface area contributed by atoms with E-state index in [-0.39, 0.29) is 21.9 Å². The van der Waals surface area contributed by atoms with Crippen LogP contribution in [0.2, 0.25) is 5.02 Å². The number of nitrogens with zero attached hydrogens (tertiary/aromatic N) is 2. The maximum atomic E-state index is 14.2. The molecule has 3 aromatic carbocycles. The number of rotatable bonds is 4. The quantitative estimate of drug-likeness (QED) is 0.364. The van der Waals surface area contributed by atoms with Gasteiger partial charge in [-0.15, -0.1) is 0 Å². The molecular formula is C31H25ClN4O3S. The summed E-state index contributed by atoms with van der Waals surface area (Å²) in [5.41, 5.74) is 4.45. The van der Waals surface area contributed by atoms with Gasteiger partial charge in [0.15, 0.2) is 4.80 Å². The summed E-state index contributed by atoms with van der Waals surface area (Å²) in [5, 5.41) is 6.24. The van der Waals surface area contributed by atoms with Crippen LogP contribution in [0.15, 0.2) is 93.9 Å². The van der Waals surface area contributed by atoms with E-state index in [1.54, 1.807) is 37.3 Å². The van der Waals surface area contributed by atoms with Crippen LogP contribution in [0.3, 0.4) is 0 Å². The Morgan fingerprint density at radius 2 is 1.77 bits per heavy atom. The largest absolute Gasteiger partial charge is 0.322 e. The van der Waals surface area contributed by atoms with Crippen molar-refractivity contribution in [2.45, 2.75) is 32.7 Å². The molecule has 2 N–H and O–H groups in total.